The van der Waals surface area contributed by atoms with E-state index in [-0.39, 0.29) is 31.1 Å². The van der Waals surface area contributed by atoms with Crippen LogP contribution in [-0.2, 0) is 28.6 Å². The van der Waals surface area contributed by atoms with Crippen LogP contribution < -0.4 is 0 Å². The molecule has 70 heavy (non-hydrogen) atoms. The largest absolute Gasteiger partial charge is 0.462 e. The van der Waals surface area contributed by atoms with Gasteiger partial charge in [-0.25, -0.2) is 0 Å². The average molecular weight is 976 g/mol. The average Bonchev–Trinajstić information content (AvgIpc) is 3.36. The maximum Gasteiger partial charge on any atom is 0.306 e. The Balaban J connectivity index is 4.32. The van der Waals surface area contributed by atoms with Gasteiger partial charge in [-0.15, -0.1) is 0 Å². The van der Waals surface area contributed by atoms with Crippen molar-refractivity contribution < 1.29 is 28.6 Å². The monoisotopic (exact) mass is 975 g/mol. The fourth-order valence-electron chi connectivity index (χ4n) is 8.21. The highest BCUT2D eigenvalue weighted by Crippen LogP contribution is 2.15. The van der Waals surface area contributed by atoms with Crippen molar-refractivity contribution in [3.05, 3.63) is 85.1 Å². The van der Waals surface area contributed by atoms with Crippen molar-refractivity contribution >= 4 is 17.9 Å². The second-order valence-corrected chi connectivity index (χ2v) is 19.5. The zero-order valence-corrected chi connectivity index (χ0v) is 46.0. The molecule has 0 aromatic rings. The van der Waals surface area contributed by atoms with Gasteiger partial charge in [0.05, 0.1) is 0 Å². The number of hydrogen-bond acceptors (Lipinski definition) is 6. The molecule has 0 N–H and O–H groups in total. The molecule has 0 amide bonds. The van der Waals surface area contributed by atoms with Crippen molar-refractivity contribution in [2.75, 3.05) is 13.2 Å². The van der Waals surface area contributed by atoms with Crippen LogP contribution in [0.25, 0.3) is 0 Å². The van der Waals surface area contributed by atoms with E-state index in [0.717, 1.165) is 103 Å². The lowest BCUT2D eigenvalue weighted by Crippen LogP contribution is -2.30. The molecule has 0 rings (SSSR count). The summed E-state index contributed by atoms with van der Waals surface area (Å²) >= 11 is 0. The Hall–Kier alpha value is -3.41. The van der Waals surface area contributed by atoms with Gasteiger partial charge in [0.25, 0.3) is 0 Å². The molecular formula is C64H110O6. The first kappa shape index (κ1) is 66.6. The Morgan fingerprint density at radius 2 is 0.557 bits per heavy atom. The first-order chi connectivity index (χ1) is 34.5. The maximum absolute atomic E-state index is 12.9. The molecule has 1 unspecified atom stereocenters. The maximum atomic E-state index is 12.9. The highest BCUT2D eigenvalue weighted by Gasteiger charge is 2.19. The van der Waals surface area contributed by atoms with Gasteiger partial charge in [-0.3, -0.25) is 14.4 Å². The van der Waals surface area contributed by atoms with Gasteiger partial charge in [0.1, 0.15) is 13.2 Å². The van der Waals surface area contributed by atoms with Gasteiger partial charge in [0.2, 0.25) is 0 Å². The number of rotatable bonds is 53. The Labute approximate surface area is 433 Å². The van der Waals surface area contributed by atoms with Crippen molar-refractivity contribution in [2.24, 2.45) is 0 Å². The summed E-state index contributed by atoms with van der Waals surface area (Å²) in [5.41, 5.74) is 0. The van der Waals surface area contributed by atoms with E-state index in [0.29, 0.717) is 19.3 Å². The summed E-state index contributed by atoms with van der Waals surface area (Å²) in [7, 11) is 0. The SMILES string of the molecule is CC/C=C\C/C=C\C/C=C\C/C=C\C/C=C\CCCCCCCCCC(=O)OCC(COC(=O)CCCCCCCCCCCC)OC(=O)CCCCCCCCCCC/C=C\C/C=C\CCCCC. The van der Waals surface area contributed by atoms with Crippen LogP contribution >= 0.6 is 0 Å². The number of allylic oxidation sites excluding steroid dienone is 14. The Morgan fingerprint density at radius 3 is 0.900 bits per heavy atom. The fourth-order valence-corrected chi connectivity index (χ4v) is 8.21. The quantitative estimate of drug-likeness (QED) is 0.0261. The van der Waals surface area contributed by atoms with Crippen LogP contribution in [0.4, 0.5) is 0 Å². The molecule has 0 aliphatic carbocycles. The summed E-state index contributed by atoms with van der Waals surface area (Å²) in [5.74, 6) is -0.890. The minimum Gasteiger partial charge on any atom is -0.462 e. The molecular weight excluding hydrogens is 865 g/mol. The van der Waals surface area contributed by atoms with Crippen molar-refractivity contribution in [1.82, 2.24) is 0 Å². The molecule has 0 saturated heterocycles. The van der Waals surface area contributed by atoms with E-state index in [1.807, 2.05) is 0 Å². The summed E-state index contributed by atoms with van der Waals surface area (Å²) in [6, 6.07) is 0. The lowest BCUT2D eigenvalue weighted by molar-refractivity contribution is -0.167. The Bertz CT molecular complexity index is 1350. The molecule has 6 heteroatoms. The molecule has 402 valence electrons. The molecule has 1 atom stereocenters. The van der Waals surface area contributed by atoms with Crippen LogP contribution in [0.3, 0.4) is 0 Å². The molecule has 0 aliphatic rings. The number of hydrogen-bond donors (Lipinski definition) is 0. The van der Waals surface area contributed by atoms with Crippen LogP contribution in [-0.4, -0.2) is 37.2 Å². The highest BCUT2D eigenvalue weighted by atomic mass is 16.6. The predicted molar refractivity (Wildman–Crippen MR) is 302 cm³/mol. The van der Waals surface area contributed by atoms with E-state index in [1.165, 1.54) is 141 Å². The predicted octanol–water partition coefficient (Wildman–Crippen LogP) is 19.9. The van der Waals surface area contributed by atoms with Gasteiger partial charge in [-0.2, -0.15) is 0 Å². The molecule has 0 radical (unpaired) electrons. The lowest BCUT2D eigenvalue weighted by Gasteiger charge is -2.18. The zero-order chi connectivity index (χ0) is 50.7. The first-order valence-electron chi connectivity index (χ1n) is 29.6. The molecule has 0 bridgehead atoms. The second-order valence-electron chi connectivity index (χ2n) is 19.5. The van der Waals surface area contributed by atoms with Crippen LogP contribution in [0, 0.1) is 0 Å². The van der Waals surface area contributed by atoms with Gasteiger partial charge < -0.3 is 14.2 Å². The third-order valence-corrected chi connectivity index (χ3v) is 12.6. The zero-order valence-electron chi connectivity index (χ0n) is 46.0. The lowest BCUT2D eigenvalue weighted by atomic mass is 10.1. The van der Waals surface area contributed by atoms with Crippen molar-refractivity contribution in [3.63, 3.8) is 0 Å². The van der Waals surface area contributed by atoms with E-state index in [4.69, 9.17) is 14.2 Å². The molecule has 0 spiro atoms. The van der Waals surface area contributed by atoms with Crippen molar-refractivity contribution in [2.45, 2.75) is 290 Å². The topological polar surface area (TPSA) is 78.9 Å². The molecule has 0 fully saturated rings. The van der Waals surface area contributed by atoms with Gasteiger partial charge in [-0.1, -0.05) is 254 Å². The third-order valence-electron chi connectivity index (χ3n) is 12.6. The number of unbranched alkanes of at least 4 members (excludes halogenated alkanes) is 28. The van der Waals surface area contributed by atoms with Crippen LogP contribution in [0.15, 0.2) is 85.1 Å². The smallest absolute Gasteiger partial charge is 0.306 e. The minimum atomic E-state index is -0.782. The number of carbonyl (C=O) groups excluding carboxylic acids is 3. The van der Waals surface area contributed by atoms with Gasteiger partial charge in [0.15, 0.2) is 6.10 Å². The third kappa shape index (κ3) is 55.5. The van der Waals surface area contributed by atoms with Gasteiger partial charge in [-0.05, 0) is 96.3 Å². The fraction of sp³-hybridized carbons (Fsp3) is 0.734. The van der Waals surface area contributed by atoms with Crippen LogP contribution in [0.2, 0.25) is 0 Å². The Kier molecular flexibility index (Phi) is 55.3. The molecule has 0 aliphatic heterocycles. The van der Waals surface area contributed by atoms with Crippen molar-refractivity contribution in [3.8, 4) is 0 Å². The normalized spacial score (nSPS) is 12.7. The number of carbonyl (C=O) groups is 3. The van der Waals surface area contributed by atoms with E-state index in [2.05, 4.69) is 106 Å². The second kappa shape index (κ2) is 58.2. The summed E-state index contributed by atoms with van der Waals surface area (Å²) in [4.78, 5) is 38.1. The highest BCUT2D eigenvalue weighted by molar-refractivity contribution is 5.71. The molecule has 0 aromatic heterocycles. The van der Waals surface area contributed by atoms with Gasteiger partial charge in [0, 0.05) is 19.3 Å². The summed E-state index contributed by atoms with van der Waals surface area (Å²) in [5, 5.41) is 0. The van der Waals surface area contributed by atoms with Crippen molar-refractivity contribution in [1.29, 1.82) is 0 Å². The summed E-state index contributed by atoms with van der Waals surface area (Å²) in [6.07, 6.45) is 75.7. The van der Waals surface area contributed by atoms with Crippen LogP contribution in [0.1, 0.15) is 284 Å². The summed E-state index contributed by atoms with van der Waals surface area (Å²) in [6.45, 7) is 6.49. The number of ether oxygens (including phenoxy) is 3. The molecule has 0 heterocycles. The minimum absolute atomic E-state index is 0.0798. The first-order valence-corrected chi connectivity index (χ1v) is 29.6. The van der Waals surface area contributed by atoms with E-state index in [1.54, 1.807) is 0 Å². The number of esters is 3. The van der Waals surface area contributed by atoms with E-state index >= 15 is 0 Å². The standard InChI is InChI=1S/C64H110O6/c1-4-7-10-13-16-19-22-24-26-28-30-31-32-33-35-36-38-40-42-45-48-51-54-57-63(66)69-60-61(59-68-62(65)56-53-50-47-44-21-18-15-12-9-6-3)70-64(67)58-55-52-49-46-43-41-39-37-34-29-27-25-23-20-17-14-11-8-5-2/h7,10,16-17,19-20,24-27,30-31,33,35,61H,4-6,8-9,11-15,18,21-23,28-29,32,34,36-60H2,1-3H3/b10-7-,19-16-,20-17-,26-24-,27-25-,31-30-,35-33-. The van der Waals surface area contributed by atoms with Crippen LogP contribution in [0.5, 0.6) is 0 Å². The molecule has 6 nitrogen and oxygen atoms in total. The molecule has 0 saturated carbocycles. The molecule has 0 aromatic carbocycles. The summed E-state index contributed by atoms with van der Waals surface area (Å²) < 4.78 is 16.9. The van der Waals surface area contributed by atoms with E-state index < -0.39 is 6.10 Å². The van der Waals surface area contributed by atoms with Gasteiger partial charge >= 0.3 is 17.9 Å². The Morgan fingerprint density at radius 1 is 0.300 bits per heavy atom. The van der Waals surface area contributed by atoms with E-state index in [9.17, 15) is 14.4 Å².